The molecular formula is C21H22N2O4S. The van der Waals surface area contributed by atoms with Gasteiger partial charge in [-0.05, 0) is 35.7 Å². The van der Waals surface area contributed by atoms with Gasteiger partial charge in [0, 0.05) is 18.8 Å². The molecule has 0 radical (unpaired) electrons. The highest BCUT2D eigenvalue weighted by Crippen LogP contribution is 2.32. The van der Waals surface area contributed by atoms with E-state index in [2.05, 4.69) is 5.10 Å². The van der Waals surface area contributed by atoms with Crippen LogP contribution >= 0.6 is 0 Å². The first-order valence-electron chi connectivity index (χ1n) is 8.88. The second-order valence-corrected chi connectivity index (χ2v) is 8.38. The number of nitrogens with zero attached hydrogens (tertiary/aromatic N) is 2. The van der Waals surface area contributed by atoms with Crippen LogP contribution in [0.1, 0.15) is 28.4 Å². The topological polar surface area (TPSA) is 78.3 Å². The van der Waals surface area contributed by atoms with Gasteiger partial charge < -0.3 is 4.74 Å². The van der Waals surface area contributed by atoms with Gasteiger partial charge in [-0.3, -0.25) is 4.68 Å². The molecule has 1 aromatic heterocycles. The van der Waals surface area contributed by atoms with Crippen LogP contribution < -0.4 is 0 Å². The molecule has 3 aromatic rings. The Hall–Kier alpha value is -2.93. The van der Waals surface area contributed by atoms with E-state index < -0.39 is 15.8 Å². The van der Waals surface area contributed by atoms with Gasteiger partial charge in [0.25, 0.3) is 0 Å². The van der Waals surface area contributed by atoms with E-state index in [1.165, 1.54) is 7.11 Å². The van der Waals surface area contributed by atoms with Crippen LogP contribution in [0.25, 0.3) is 11.3 Å². The van der Waals surface area contributed by atoms with Crippen LogP contribution in [0.5, 0.6) is 0 Å². The van der Waals surface area contributed by atoms with Crippen molar-refractivity contribution in [1.29, 1.82) is 0 Å². The van der Waals surface area contributed by atoms with Gasteiger partial charge in [-0.2, -0.15) is 5.10 Å². The van der Waals surface area contributed by atoms with Crippen molar-refractivity contribution in [3.8, 4) is 11.3 Å². The van der Waals surface area contributed by atoms with Crippen LogP contribution in [0.2, 0.25) is 0 Å². The minimum absolute atomic E-state index is 0.215. The van der Waals surface area contributed by atoms with Gasteiger partial charge >= 0.3 is 5.97 Å². The third-order valence-corrected chi connectivity index (χ3v) is 6.35. The number of hydrogen-bond donors (Lipinski definition) is 0. The molecule has 0 amide bonds. The molecule has 2 aromatic carbocycles. The summed E-state index contributed by atoms with van der Waals surface area (Å²) in [5.74, 6) is -0.860. The quantitative estimate of drug-likeness (QED) is 0.595. The van der Waals surface area contributed by atoms with E-state index in [-0.39, 0.29) is 16.2 Å². The molecule has 7 heteroatoms. The molecule has 0 saturated heterocycles. The van der Waals surface area contributed by atoms with E-state index in [0.717, 1.165) is 11.3 Å². The molecule has 0 atom stereocenters. The summed E-state index contributed by atoms with van der Waals surface area (Å²) in [6, 6.07) is 13.6. The minimum Gasteiger partial charge on any atom is -0.465 e. The van der Waals surface area contributed by atoms with Crippen LogP contribution in [-0.2, 0) is 33.8 Å². The lowest BCUT2D eigenvalue weighted by molar-refractivity contribution is 0.0600. The van der Waals surface area contributed by atoms with Gasteiger partial charge in [0.1, 0.15) is 0 Å². The number of sulfone groups is 1. The SMILES string of the molecule is CCc1ccc(CS(=O)(=O)c2ccccc2)c(C(=O)OC)c1-c1ccnn1C. The Morgan fingerprint density at radius 1 is 1.07 bits per heavy atom. The molecule has 1 heterocycles. The van der Waals surface area contributed by atoms with Crippen LogP contribution in [0.4, 0.5) is 0 Å². The minimum atomic E-state index is -3.62. The van der Waals surface area contributed by atoms with Crippen molar-refractivity contribution in [2.24, 2.45) is 7.05 Å². The zero-order valence-electron chi connectivity index (χ0n) is 16.0. The van der Waals surface area contributed by atoms with Gasteiger partial charge in [-0.15, -0.1) is 0 Å². The van der Waals surface area contributed by atoms with Crippen LogP contribution in [0.15, 0.2) is 59.6 Å². The third kappa shape index (κ3) is 3.71. The lowest BCUT2D eigenvalue weighted by Gasteiger charge is -2.17. The number of benzene rings is 2. The van der Waals surface area contributed by atoms with E-state index >= 15 is 0 Å². The van der Waals surface area contributed by atoms with Crippen LogP contribution in [0.3, 0.4) is 0 Å². The molecule has 28 heavy (non-hydrogen) atoms. The zero-order valence-corrected chi connectivity index (χ0v) is 16.9. The molecule has 0 N–H and O–H groups in total. The molecule has 0 spiro atoms. The van der Waals surface area contributed by atoms with Gasteiger partial charge in [0.05, 0.1) is 29.0 Å². The van der Waals surface area contributed by atoms with Crippen molar-refractivity contribution in [3.05, 3.63) is 71.4 Å². The lowest BCUT2D eigenvalue weighted by atomic mass is 9.93. The van der Waals surface area contributed by atoms with Crippen molar-refractivity contribution in [1.82, 2.24) is 9.78 Å². The normalized spacial score (nSPS) is 11.4. The summed E-state index contributed by atoms with van der Waals surface area (Å²) < 4.78 is 32.5. The summed E-state index contributed by atoms with van der Waals surface area (Å²) in [5.41, 5.74) is 2.99. The smallest absolute Gasteiger partial charge is 0.338 e. The highest BCUT2D eigenvalue weighted by atomic mass is 32.2. The van der Waals surface area contributed by atoms with Crippen molar-refractivity contribution >= 4 is 15.8 Å². The summed E-state index contributed by atoms with van der Waals surface area (Å²) in [4.78, 5) is 12.9. The first-order valence-corrected chi connectivity index (χ1v) is 10.5. The second kappa shape index (κ2) is 7.98. The van der Waals surface area contributed by atoms with E-state index in [9.17, 15) is 13.2 Å². The van der Waals surface area contributed by atoms with Crippen molar-refractivity contribution in [2.45, 2.75) is 24.0 Å². The number of methoxy groups -OCH3 is 1. The average molecular weight is 398 g/mol. The summed E-state index contributed by atoms with van der Waals surface area (Å²) >= 11 is 0. The fraction of sp³-hybridized carbons (Fsp3) is 0.238. The van der Waals surface area contributed by atoms with Gasteiger partial charge in [0.2, 0.25) is 0 Å². The van der Waals surface area contributed by atoms with Crippen molar-refractivity contribution in [3.63, 3.8) is 0 Å². The highest BCUT2D eigenvalue weighted by molar-refractivity contribution is 7.90. The first-order chi connectivity index (χ1) is 13.4. The van der Waals surface area contributed by atoms with E-state index in [1.807, 2.05) is 13.0 Å². The molecule has 0 unspecified atom stereocenters. The summed E-state index contributed by atoms with van der Waals surface area (Å²) in [7, 11) is -0.547. The second-order valence-electron chi connectivity index (χ2n) is 6.39. The average Bonchev–Trinajstić information content (AvgIpc) is 3.13. The Kier molecular flexibility index (Phi) is 5.65. The number of rotatable bonds is 6. The maximum Gasteiger partial charge on any atom is 0.338 e. The monoisotopic (exact) mass is 398 g/mol. The standard InChI is InChI=1S/C21H22N2O4S/c1-4-15-10-11-16(14-28(25,26)17-8-6-5-7-9-17)20(21(24)27-3)19(15)18-12-13-22-23(18)2/h5-13H,4,14H2,1-3H3. The van der Waals surface area contributed by atoms with E-state index in [1.54, 1.807) is 60.4 Å². The highest BCUT2D eigenvalue weighted by Gasteiger charge is 2.26. The number of ether oxygens (including phenoxy) is 1. The van der Waals surface area contributed by atoms with Gasteiger partial charge in [0.15, 0.2) is 9.84 Å². The van der Waals surface area contributed by atoms with Crippen LogP contribution in [-0.4, -0.2) is 31.3 Å². The Bertz CT molecular complexity index is 1100. The Balaban J connectivity index is 2.23. The molecule has 0 bridgehead atoms. The number of esters is 1. The van der Waals surface area contributed by atoms with Gasteiger partial charge in [-0.25, -0.2) is 13.2 Å². The Morgan fingerprint density at radius 3 is 2.32 bits per heavy atom. The van der Waals surface area contributed by atoms with Crippen molar-refractivity contribution < 1.29 is 17.9 Å². The predicted octanol–water partition coefficient (Wildman–Crippen LogP) is 3.41. The van der Waals surface area contributed by atoms with E-state index in [4.69, 9.17) is 4.74 Å². The number of aryl methyl sites for hydroxylation is 2. The summed E-state index contributed by atoms with van der Waals surface area (Å²) in [6.07, 6.45) is 2.32. The Morgan fingerprint density at radius 2 is 1.75 bits per heavy atom. The molecule has 146 valence electrons. The number of carbonyl (C=O) groups excluding carboxylic acids is 1. The number of aromatic nitrogens is 2. The van der Waals surface area contributed by atoms with Gasteiger partial charge in [-0.1, -0.05) is 37.3 Å². The molecule has 0 aliphatic carbocycles. The zero-order chi connectivity index (χ0) is 20.3. The molecule has 3 rings (SSSR count). The molecule has 6 nitrogen and oxygen atoms in total. The number of carbonyl (C=O) groups is 1. The fourth-order valence-corrected chi connectivity index (χ4v) is 4.66. The lowest BCUT2D eigenvalue weighted by Crippen LogP contribution is -2.14. The van der Waals surface area contributed by atoms with Crippen LogP contribution in [0, 0.1) is 0 Å². The molecule has 0 aliphatic rings. The molecule has 0 fully saturated rings. The largest absolute Gasteiger partial charge is 0.465 e. The molecule has 0 aliphatic heterocycles. The molecule has 0 saturated carbocycles. The summed E-state index contributed by atoms with van der Waals surface area (Å²) in [6.45, 7) is 1.98. The third-order valence-electron chi connectivity index (χ3n) is 4.67. The summed E-state index contributed by atoms with van der Waals surface area (Å²) in [5, 5.41) is 4.19. The predicted molar refractivity (Wildman–Crippen MR) is 107 cm³/mol. The van der Waals surface area contributed by atoms with Crippen molar-refractivity contribution in [2.75, 3.05) is 7.11 Å². The Labute approximate surface area is 164 Å². The maximum absolute atomic E-state index is 12.9. The molecular weight excluding hydrogens is 376 g/mol. The fourth-order valence-electron chi connectivity index (χ4n) is 3.27. The maximum atomic E-state index is 12.9. The van der Waals surface area contributed by atoms with E-state index in [0.29, 0.717) is 17.5 Å². The number of hydrogen-bond acceptors (Lipinski definition) is 5. The first kappa shape index (κ1) is 19.8.